The average Bonchev–Trinajstić information content (AvgIpc) is 2.92. The van der Waals surface area contributed by atoms with E-state index in [0.717, 1.165) is 5.56 Å². The van der Waals surface area contributed by atoms with Gasteiger partial charge in [0.05, 0.1) is 6.61 Å². The molecule has 0 spiro atoms. The molecule has 2 heterocycles. The Balaban J connectivity index is 2.13. The number of carbonyl (C=O) groups excluding carboxylic acids is 1. The van der Waals surface area contributed by atoms with Gasteiger partial charge in [0, 0.05) is 17.4 Å². The van der Waals surface area contributed by atoms with Crippen LogP contribution in [-0.2, 0) is 4.74 Å². The van der Waals surface area contributed by atoms with Crippen molar-refractivity contribution < 1.29 is 9.53 Å². The second-order valence-electron chi connectivity index (χ2n) is 4.48. The minimum Gasteiger partial charge on any atom is -0.462 e. The zero-order valence-electron chi connectivity index (χ0n) is 11.5. The number of ether oxygens (including phenoxy) is 1. The largest absolute Gasteiger partial charge is 0.462 e. The summed E-state index contributed by atoms with van der Waals surface area (Å²) in [6.45, 7) is 2.08. The van der Waals surface area contributed by atoms with Crippen molar-refractivity contribution in [3.8, 4) is 11.4 Å². The van der Waals surface area contributed by atoms with Crippen LogP contribution in [0.3, 0.4) is 0 Å². The van der Waals surface area contributed by atoms with E-state index in [1.54, 1.807) is 35.6 Å². The monoisotopic (exact) mass is 282 g/mol. The van der Waals surface area contributed by atoms with E-state index in [0.29, 0.717) is 29.3 Å². The summed E-state index contributed by atoms with van der Waals surface area (Å²) in [7, 11) is 0. The van der Waals surface area contributed by atoms with Crippen LogP contribution >= 0.6 is 0 Å². The molecular formula is C15H14N4O2. The average molecular weight is 282 g/mol. The highest BCUT2D eigenvalue weighted by molar-refractivity contribution is 5.96. The van der Waals surface area contributed by atoms with Gasteiger partial charge in [0.15, 0.2) is 11.5 Å². The molecule has 0 amide bonds. The van der Waals surface area contributed by atoms with Crippen LogP contribution in [0.1, 0.15) is 17.3 Å². The SMILES string of the molecule is CCOC(=O)c1cccn2c(-c3ccc(N)cc3)nnc12. The lowest BCUT2D eigenvalue weighted by Gasteiger charge is -2.04. The zero-order chi connectivity index (χ0) is 14.8. The second-order valence-corrected chi connectivity index (χ2v) is 4.48. The third kappa shape index (κ3) is 2.31. The summed E-state index contributed by atoms with van der Waals surface area (Å²) in [6.07, 6.45) is 1.81. The normalized spacial score (nSPS) is 10.7. The van der Waals surface area contributed by atoms with E-state index in [1.807, 2.05) is 18.3 Å². The summed E-state index contributed by atoms with van der Waals surface area (Å²) >= 11 is 0. The maximum atomic E-state index is 11.9. The Morgan fingerprint density at radius 3 is 2.71 bits per heavy atom. The summed E-state index contributed by atoms with van der Waals surface area (Å²) in [4.78, 5) is 11.9. The molecule has 6 nitrogen and oxygen atoms in total. The third-order valence-electron chi connectivity index (χ3n) is 3.10. The number of nitrogen functional groups attached to an aromatic ring is 1. The molecule has 106 valence electrons. The Labute approximate surface area is 121 Å². The Morgan fingerprint density at radius 2 is 2.00 bits per heavy atom. The summed E-state index contributed by atoms with van der Waals surface area (Å²) in [5, 5.41) is 8.26. The van der Waals surface area contributed by atoms with Gasteiger partial charge in [0.1, 0.15) is 5.56 Å². The number of esters is 1. The molecule has 0 aliphatic heterocycles. The fraction of sp³-hybridized carbons (Fsp3) is 0.133. The van der Waals surface area contributed by atoms with Crippen LogP contribution < -0.4 is 5.73 Å². The summed E-state index contributed by atoms with van der Waals surface area (Å²) in [5.41, 5.74) is 8.11. The van der Waals surface area contributed by atoms with Crippen LogP contribution in [0.4, 0.5) is 5.69 Å². The van der Waals surface area contributed by atoms with Gasteiger partial charge in [0.25, 0.3) is 0 Å². The van der Waals surface area contributed by atoms with Crippen molar-refractivity contribution in [1.29, 1.82) is 0 Å². The second kappa shape index (κ2) is 5.24. The fourth-order valence-corrected chi connectivity index (χ4v) is 2.11. The molecule has 2 N–H and O–H groups in total. The Kier molecular flexibility index (Phi) is 3.27. The molecular weight excluding hydrogens is 268 g/mol. The first kappa shape index (κ1) is 13.1. The molecule has 0 bridgehead atoms. The van der Waals surface area contributed by atoms with Gasteiger partial charge in [-0.15, -0.1) is 10.2 Å². The number of rotatable bonds is 3. The predicted molar refractivity (Wildman–Crippen MR) is 78.8 cm³/mol. The van der Waals surface area contributed by atoms with Crippen LogP contribution in [0, 0.1) is 0 Å². The molecule has 0 unspecified atom stereocenters. The highest BCUT2D eigenvalue weighted by atomic mass is 16.5. The van der Waals surface area contributed by atoms with Crippen LogP contribution in [0.25, 0.3) is 17.0 Å². The van der Waals surface area contributed by atoms with E-state index in [9.17, 15) is 4.79 Å². The Bertz CT molecular complexity index is 793. The van der Waals surface area contributed by atoms with E-state index in [2.05, 4.69) is 10.2 Å². The van der Waals surface area contributed by atoms with Crippen LogP contribution in [0.5, 0.6) is 0 Å². The van der Waals surface area contributed by atoms with E-state index in [-0.39, 0.29) is 0 Å². The summed E-state index contributed by atoms with van der Waals surface area (Å²) < 4.78 is 6.79. The van der Waals surface area contributed by atoms with Crippen molar-refractivity contribution in [1.82, 2.24) is 14.6 Å². The number of carbonyl (C=O) groups is 1. The first-order valence-corrected chi connectivity index (χ1v) is 6.57. The third-order valence-corrected chi connectivity index (χ3v) is 3.10. The lowest BCUT2D eigenvalue weighted by Crippen LogP contribution is -2.07. The fourth-order valence-electron chi connectivity index (χ4n) is 2.11. The maximum Gasteiger partial charge on any atom is 0.341 e. The lowest BCUT2D eigenvalue weighted by molar-refractivity contribution is 0.0528. The van der Waals surface area contributed by atoms with Gasteiger partial charge >= 0.3 is 5.97 Å². The molecule has 2 aromatic heterocycles. The molecule has 0 saturated carbocycles. The van der Waals surface area contributed by atoms with Crippen molar-refractivity contribution in [3.05, 3.63) is 48.2 Å². The van der Waals surface area contributed by atoms with Crippen molar-refractivity contribution in [2.75, 3.05) is 12.3 Å². The molecule has 0 radical (unpaired) electrons. The highest BCUT2D eigenvalue weighted by Gasteiger charge is 2.16. The lowest BCUT2D eigenvalue weighted by atomic mass is 10.2. The maximum absolute atomic E-state index is 11.9. The van der Waals surface area contributed by atoms with Gasteiger partial charge in [-0.05, 0) is 43.3 Å². The Hall–Kier alpha value is -2.89. The highest BCUT2D eigenvalue weighted by Crippen LogP contribution is 2.21. The van der Waals surface area contributed by atoms with Gasteiger partial charge in [-0.3, -0.25) is 4.40 Å². The number of nitrogens with zero attached hydrogens (tertiary/aromatic N) is 3. The van der Waals surface area contributed by atoms with Gasteiger partial charge < -0.3 is 10.5 Å². The summed E-state index contributed by atoms with van der Waals surface area (Å²) in [6, 6.07) is 10.8. The van der Waals surface area contributed by atoms with Gasteiger partial charge in [-0.25, -0.2) is 4.79 Å². The van der Waals surface area contributed by atoms with Crippen LogP contribution in [0.15, 0.2) is 42.6 Å². The van der Waals surface area contributed by atoms with Crippen molar-refractivity contribution in [2.24, 2.45) is 0 Å². The number of hydrogen-bond acceptors (Lipinski definition) is 5. The molecule has 0 atom stereocenters. The molecule has 3 rings (SSSR count). The molecule has 6 heteroatoms. The quantitative estimate of drug-likeness (QED) is 0.588. The summed E-state index contributed by atoms with van der Waals surface area (Å²) in [5.74, 6) is 0.246. The minimum absolute atomic E-state index is 0.318. The smallest absolute Gasteiger partial charge is 0.341 e. The van der Waals surface area contributed by atoms with Crippen LogP contribution in [-0.4, -0.2) is 27.2 Å². The molecule has 0 aliphatic rings. The molecule has 0 fully saturated rings. The number of hydrogen-bond donors (Lipinski definition) is 1. The van der Waals surface area contributed by atoms with E-state index < -0.39 is 5.97 Å². The predicted octanol–water partition coefficient (Wildman–Crippen LogP) is 2.16. The number of nitrogens with two attached hydrogens (primary N) is 1. The van der Waals surface area contributed by atoms with Crippen molar-refractivity contribution in [2.45, 2.75) is 6.92 Å². The van der Waals surface area contributed by atoms with Crippen molar-refractivity contribution in [3.63, 3.8) is 0 Å². The molecule has 1 aromatic carbocycles. The minimum atomic E-state index is -0.403. The number of pyridine rings is 1. The number of anilines is 1. The van der Waals surface area contributed by atoms with E-state index in [1.165, 1.54) is 0 Å². The first-order valence-electron chi connectivity index (χ1n) is 6.57. The van der Waals surface area contributed by atoms with Crippen LogP contribution in [0.2, 0.25) is 0 Å². The van der Waals surface area contributed by atoms with E-state index >= 15 is 0 Å². The topological polar surface area (TPSA) is 82.5 Å². The molecule has 0 aliphatic carbocycles. The van der Waals surface area contributed by atoms with E-state index in [4.69, 9.17) is 10.5 Å². The molecule has 0 saturated heterocycles. The first-order chi connectivity index (χ1) is 10.2. The molecule has 3 aromatic rings. The number of aromatic nitrogens is 3. The van der Waals surface area contributed by atoms with Crippen molar-refractivity contribution >= 4 is 17.3 Å². The van der Waals surface area contributed by atoms with Gasteiger partial charge in [-0.1, -0.05) is 0 Å². The number of benzene rings is 1. The van der Waals surface area contributed by atoms with Gasteiger partial charge in [-0.2, -0.15) is 0 Å². The van der Waals surface area contributed by atoms with Gasteiger partial charge in [0.2, 0.25) is 0 Å². The molecule has 21 heavy (non-hydrogen) atoms. The number of fused-ring (bicyclic) bond motifs is 1. The standard InChI is InChI=1S/C15H14N4O2/c1-2-21-15(20)12-4-3-9-19-13(17-18-14(12)19)10-5-7-11(16)8-6-10/h3-9H,2,16H2,1H3. The zero-order valence-corrected chi connectivity index (χ0v) is 11.5. The Morgan fingerprint density at radius 1 is 1.24 bits per heavy atom.